The summed E-state index contributed by atoms with van der Waals surface area (Å²) in [7, 11) is 1.80. The van der Waals surface area contributed by atoms with Gasteiger partial charge in [-0.05, 0) is 65.8 Å². The quantitative estimate of drug-likeness (QED) is 0.329. The summed E-state index contributed by atoms with van der Waals surface area (Å²) < 4.78 is 0. The predicted molar refractivity (Wildman–Crippen MR) is 126 cm³/mol. The Hall–Kier alpha value is -0.770. The average Bonchev–Trinajstić information content (AvgIpc) is 2.62. The van der Waals surface area contributed by atoms with E-state index in [4.69, 9.17) is 5.73 Å². The largest absolute Gasteiger partial charge is 0.351 e. The van der Waals surface area contributed by atoms with Crippen molar-refractivity contribution >= 4 is 6.03 Å². The van der Waals surface area contributed by atoms with Gasteiger partial charge in [0.25, 0.3) is 0 Å². The average molecular weight is 410 g/mol. The summed E-state index contributed by atoms with van der Waals surface area (Å²) in [4.78, 5) is 15.7. The van der Waals surface area contributed by atoms with Crippen LogP contribution < -0.4 is 5.73 Å². The van der Waals surface area contributed by atoms with Crippen LogP contribution in [0.4, 0.5) is 4.79 Å². The summed E-state index contributed by atoms with van der Waals surface area (Å²) in [6.07, 6.45) is 17.4. The molecule has 0 unspecified atom stereocenters. The molecule has 0 radical (unpaired) electrons. The minimum absolute atomic E-state index is 0.219. The van der Waals surface area contributed by atoms with Crippen molar-refractivity contribution in [3.05, 3.63) is 0 Å². The van der Waals surface area contributed by atoms with E-state index in [1.54, 1.807) is 11.9 Å². The van der Waals surface area contributed by atoms with Crippen LogP contribution in [0.25, 0.3) is 0 Å². The number of urea groups is 1. The number of likely N-dealkylation sites (tertiary alicyclic amines) is 1. The molecule has 0 bridgehead atoms. The Morgan fingerprint density at radius 3 is 1.79 bits per heavy atom. The SMILES string of the molecule is CCCCCCCCCCCCN1C(C)(C)CC(CCN(C)C(N)=O)CC1(C)C. The van der Waals surface area contributed by atoms with Crippen molar-refractivity contribution in [3.63, 3.8) is 0 Å². The number of hydrogen-bond donors (Lipinski definition) is 1. The Bertz CT molecular complexity index is 443. The van der Waals surface area contributed by atoms with Crippen molar-refractivity contribution in [2.75, 3.05) is 20.1 Å². The van der Waals surface area contributed by atoms with Crippen LogP contribution in [0.1, 0.15) is 118 Å². The summed E-state index contributed by atoms with van der Waals surface area (Å²) in [5.41, 5.74) is 5.82. The second-order valence-corrected chi connectivity index (χ2v) is 10.8. The highest BCUT2D eigenvalue weighted by atomic mass is 16.2. The number of nitrogens with two attached hydrogens (primary N) is 1. The Balaban J connectivity index is 2.32. The van der Waals surface area contributed by atoms with Crippen molar-refractivity contribution < 1.29 is 4.79 Å². The van der Waals surface area contributed by atoms with E-state index in [0.717, 1.165) is 13.0 Å². The Labute approximate surface area is 182 Å². The molecule has 0 aromatic carbocycles. The number of primary amides is 1. The van der Waals surface area contributed by atoms with E-state index in [-0.39, 0.29) is 17.1 Å². The van der Waals surface area contributed by atoms with Crippen molar-refractivity contribution in [1.82, 2.24) is 9.80 Å². The fourth-order valence-corrected chi connectivity index (χ4v) is 5.58. The zero-order valence-electron chi connectivity index (χ0n) is 20.6. The third-order valence-electron chi connectivity index (χ3n) is 7.02. The third-order valence-corrected chi connectivity index (χ3v) is 7.02. The molecule has 172 valence electrons. The molecule has 0 saturated carbocycles. The monoisotopic (exact) mass is 409 g/mol. The van der Waals surface area contributed by atoms with Gasteiger partial charge in [-0.2, -0.15) is 0 Å². The molecule has 1 fully saturated rings. The lowest BCUT2D eigenvalue weighted by molar-refractivity contribution is -0.0542. The maximum Gasteiger partial charge on any atom is 0.314 e. The number of carbonyl (C=O) groups excluding carboxylic acids is 1. The van der Waals surface area contributed by atoms with Crippen molar-refractivity contribution in [3.8, 4) is 0 Å². The van der Waals surface area contributed by atoms with Crippen LogP contribution in [0.5, 0.6) is 0 Å². The first-order valence-electron chi connectivity index (χ1n) is 12.4. The Morgan fingerprint density at radius 2 is 1.34 bits per heavy atom. The van der Waals surface area contributed by atoms with Crippen LogP contribution in [-0.2, 0) is 0 Å². The molecule has 0 aliphatic carbocycles. The maximum atomic E-state index is 11.3. The number of rotatable bonds is 14. The summed E-state index contributed by atoms with van der Waals surface area (Å²) >= 11 is 0. The van der Waals surface area contributed by atoms with E-state index in [1.807, 2.05) is 0 Å². The van der Waals surface area contributed by atoms with Crippen LogP contribution in [-0.4, -0.2) is 47.0 Å². The fourth-order valence-electron chi connectivity index (χ4n) is 5.58. The van der Waals surface area contributed by atoms with Gasteiger partial charge in [0.1, 0.15) is 0 Å². The van der Waals surface area contributed by atoms with Gasteiger partial charge in [-0.3, -0.25) is 4.90 Å². The van der Waals surface area contributed by atoms with Gasteiger partial charge < -0.3 is 10.6 Å². The number of nitrogens with zero attached hydrogens (tertiary/aromatic N) is 2. The summed E-state index contributed by atoms with van der Waals surface area (Å²) in [5, 5.41) is 0. The van der Waals surface area contributed by atoms with E-state index < -0.39 is 0 Å². The van der Waals surface area contributed by atoms with Gasteiger partial charge in [0.05, 0.1) is 0 Å². The number of piperidine rings is 1. The molecule has 1 aliphatic rings. The van der Waals surface area contributed by atoms with Gasteiger partial charge in [-0.1, -0.05) is 64.7 Å². The second kappa shape index (κ2) is 12.8. The molecule has 1 heterocycles. The van der Waals surface area contributed by atoms with Crippen molar-refractivity contribution in [2.45, 2.75) is 129 Å². The smallest absolute Gasteiger partial charge is 0.314 e. The molecule has 2 amide bonds. The topological polar surface area (TPSA) is 49.6 Å². The maximum absolute atomic E-state index is 11.3. The molecule has 0 aromatic rings. The number of hydrogen-bond acceptors (Lipinski definition) is 2. The van der Waals surface area contributed by atoms with E-state index in [1.165, 1.54) is 83.6 Å². The Morgan fingerprint density at radius 1 is 0.897 bits per heavy atom. The molecule has 1 aliphatic heterocycles. The highest BCUT2D eigenvalue weighted by molar-refractivity contribution is 5.71. The van der Waals surface area contributed by atoms with Gasteiger partial charge in [-0.15, -0.1) is 0 Å². The van der Waals surface area contributed by atoms with E-state index in [9.17, 15) is 4.79 Å². The fraction of sp³-hybridized carbons (Fsp3) is 0.960. The first kappa shape index (κ1) is 26.3. The lowest BCUT2D eigenvalue weighted by Gasteiger charge is -2.56. The Kier molecular flexibility index (Phi) is 11.6. The summed E-state index contributed by atoms with van der Waals surface area (Å²) in [6, 6.07) is -0.318. The van der Waals surface area contributed by atoms with Gasteiger partial charge >= 0.3 is 6.03 Å². The molecular weight excluding hydrogens is 358 g/mol. The molecule has 29 heavy (non-hydrogen) atoms. The summed E-state index contributed by atoms with van der Waals surface area (Å²) in [6.45, 7) is 13.9. The molecular formula is C25H51N3O. The molecule has 0 spiro atoms. The van der Waals surface area contributed by atoms with E-state index in [0.29, 0.717) is 5.92 Å². The van der Waals surface area contributed by atoms with Crippen LogP contribution in [0.2, 0.25) is 0 Å². The molecule has 4 heteroatoms. The van der Waals surface area contributed by atoms with Crippen LogP contribution >= 0.6 is 0 Å². The number of carbonyl (C=O) groups is 1. The first-order valence-corrected chi connectivity index (χ1v) is 12.4. The van der Waals surface area contributed by atoms with Crippen LogP contribution in [0, 0.1) is 5.92 Å². The van der Waals surface area contributed by atoms with Crippen molar-refractivity contribution in [2.24, 2.45) is 11.7 Å². The van der Waals surface area contributed by atoms with Crippen LogP contribution in [0.15, 0.2) is 0 Å². The van der Waals surface area contributed by atoms with E-state index in [2.05, 4.69) is 39.5 Å². The zero-order chi connectivity index (χ0) is 21.9. The molecule has 2 N–H and O–H groups in total. The van der Waals surface area contributed by atoms with Gasteiger partial charge in [0.15, 0.2) is 0 Å². The highest BCUT2D eigenvalue weighted by Crippen LogP contribution is 2.42. The molecule has 4 nitrogen and oxygen atoms in total. The molecule has 1 rings (SSSR count). The minimum atomic E-state index is -0.318. The summed E-state index contributed by atoms with van der Waals surface area (Å²) in [5.74, 6) is 0.658. The van der Waals surface area contributed by atoms with Gasteiger partial charge in [0, 0.05) is 24.7 Å². The lowest BCUT2D eigenvalue weighted by atomic mass is 9.72. The molecule has 1 saturated heterocycles. The van der Waals surface area contributed by atoms with Crippen molar-refractivity contribution in [1.29, 1.82) is 0 Å². The predicted octanol–water partition coefficient (Wildman–Crippen LogP) is 6.58. The number of unbranched alkanes of at least 4 members (excludes halogenated alkanes) is 9. The molecule has 0 atom stereocenters. The van der Waals surface area contributed by atoms with Crippen LogP contribution in [0.3, 0.4) is 0 Å². The standard InChI is InChI=1S/C25H51N3O/c1-7-8-9-10-11-12-13-14-15-16-18-28-24(2,3)20-22(21-25(28,4)5)17-19-27(6)23(26)29/h22H,7-21H2,1-6H3,(H2,26,29). The highest BCUT2D eigenvalue weighted by Gasteiger charge is 2.44. The zero-order valence-corrected chi connectivity index (χ0v) is 20.6. The molecule has 0 aromatic heterocycles. The third kappa shape index (κ3) is 9.72. The lowest BCUT2D eigenvalue weighted by Crippen LogP contribution is -2.60. The van der Waals surface area contributed by atoms with Gasteiger partial charge in [-0.25, -0.2) is 4.79 Å². The van der Waals surface area contributed by atoms with Gasteiger partial charge in [0.2, 0.25) is 0 Å². The first-order chi connectivity index (χ1) is 13.6. The van der Waals surface area contributed by atoms with E-state index >= 15 is 0 Å². The minimum Gasteiger partial charge on any atom is -0.351 e. The number of amides is 2. The normalized spacial score (nSPS) is 19.4. The second-order valence-electron chi connectivity index (χ2n) is 10.8.